The predicted octanol–water partition coefficient (Wildman–Crippen LogP) is 2.33. The molecular weight excluding hydrogens is 188 g/mol. The molecule has 13 heavy (non-hydrogen) atoms. The Morgan fingerprint density at radius 2 is 2.23 bits per heavy atom. The number of nitrogens with zero attached hydrogens (tertiary/aromatic N) is 1. The maximum atomic E-state index is 10.4. The normalized spacial score (nSPS) is 10.5. The number of thioether (sulfide) groups is 1. The number of rotatable bonds is 1. The number of carbonyl (C=O) groups is 1. The van der Waals surface area contributed by atoms with Gasteiger partial charge in [0.25, 0.3) is 0 Å². The summed E-state index contributed by atoms with van der Waals surface area (Å²) in [6.07, 6.45) is 0. The third-order valence-electron chi connectivity index (χ3n) is 1.62. The molecule has 0 amide bonds. The maximum absolute atomic E-state index is 10.4. The van der Waals surface area contributed by atoms with Gasteiger partial charge in [-0.2, -0.15) is 5.10 Å². The lowest BCUT2D eigenvalue weighted by atomic mass is 10.3. The molecule has 0 saturated heterocycles. The quantitative estimate of drug-likeness (QED) is 0.684. The summed E-state index contributed by atoms with van der Waals surface area (Å²) in [4.78, 5) is 10.4. The molecule has 0 aliphatic carbocycles. The van der Waals surface area contributed by atoms with Gasteiger partial charge in [-0.1, -0.05) is 18.2 Å². The molecule has 1 aromatic heterocycles. The third kappa shape index (κ3) is 1.50. The summed E-state index contributed by atoms with van der Waals surface area (Å²) in [5, 5.41) is 15.6. The molecule has 0 spiro atoms. The van der Waals surface area contributed by atoms with Crippen molar-refractivity contribution >= 4 is 28.0 Å². The topological polar surface area (TPSA) is 66.0 Å². The van der Waals surface area contributed by atoms with Crippen LogP contribution in [0.25, 0.3) is 10.9 Å². The highest BCUT2D eigenvalue weighted by molar-refractivity contribution is 8.13. The molecule has 0 radical (unpaired) electrons. The van der Waals surface area contributed by atoms with Gasteiger partial charge in [0.15, 0.2) is 0 Å². The first-order valence-electron chi connectivity index (χ1n) is 3.61. The van der Waals surface area contributed by atoms with Crippen LogP contribution in [0.3, 0.4) is 0 Å². The first-order chi connectivity index (χ1) is 6.27. The van der Waals surface area contributed by atoms with Crippen LogP contribution in [0.15, 0.2) is 29.3 Å². The van der Waals surface area contributed by atoms with Gasteiger partial charge in [0.05, 0.1) is 5.52 Å². The summed E-state index contributed by atoms with van der Waals surface area (Å²) >= 11 is 0.709. The lowest BCUT2D eigenvalue weighted by molar-refractivity contribution is 0.222. The summed E-state index contributed by atoms with van der Waals surface area (Å²) in [5.74, 6) is 0. The van der Waals surface area contributed by atoms with Crippen LogP contribution in [-0.2, 0) is 0 Å². The molecule has 0 atom stereocenters. The van der Waals surface area contributed by atoms with E-state index in [0.29, 0.717) is 16.8 Å². The standard InChI is InChI=1S/C8H6N2O2S/c11-8(12)13-7-5-3-1-2-4-6(5)9-10-7/h1-4H,(H,9,10)(H,11,12). The number of aromatic amines is 1. The molecule has 66 valence electrons. The number of fused-ring (bicyclic) bond motifs is 1. The van der Waals surface area contributed by atoms with Gasteiger partial charge in [0.1, 0.15) is 5.03 Å². The molecule has 2 aromatic rings. The van der Waals surface area contributed by atoms with Gasteiger partial charge in [0.2, 0.25) is 0 Å². The van der Waals surface area contributed by atoms with Gasteiger partial charge in [-0.05, 0) is 6.07 Å². The lowest BCUT2D eigenvalue weighted by Gasteiger charge is -1.89. The van der Waals surface area contributed by atoms with Crippen molar-refractivity contribution in [2.75, 3.05) is 0 Å². The van der Waals surface area contributed by atoms with Gasteiger partial charge in [0, 0.05) is 17.1 Å². The summed E-state index contributed by atoms with van der Waals surface area (Å²) < 4.78 is 0. The molecule has 2 N–H and O–H groups in total. The van der Waals surface area contributed by atoms with Crippen LogP contribution in [0, 0.1) is 0 Å². The molecule has 0 aliphatic heterocycles. The zero-order valence-electron chi connectivity index (χ0n) is 6.52. The smallest absolute Gasteiger partial charge is 0.371 e. The minimum atomic E-state index is -0.947. The number of hydrogen-bond donors (Lipinski definition) is 2. The van der Waals surface area contributed by atoms with E-state index in [0.717, 1.165) is 10.9 Å². The number of aromatic nitrogens is 2. The largest absolute Gasteiger partial charge is 0.473 e. The zero-order valence-corrected chi connectivity index (χ0v) is 7.34. The first-order valence-corrected chi connectivity index (χ1v) is 4.43. The fraction of sp³-hybridized carbons (Fsp3) is 0. The van der Waals surface area contributed by atoms with Crippen molar-refractivity contribution in [1.82, 2.24) is 10.2 Å². The van der Waals surface area contributed by atoms with E-state index in [1.807, 2.05) is 24.3 Å². The fourth-order valence-electron chi connectivity index (χ4n) is 1.10. The number of para-hydroxylation sites is 1. The van der Waals surface area contributed by atoms with E-state index in [1.54, 1.807) is 0 Å². The Bertz CT molecular complexity index is 452. The second-order valence-electron chi connectivity index (χ2n) is 2.44. The van der Waals surface area contributed by atoms with Crippen molar-refractivity contribution in [3.05, 3.63) is 24.3 Å². The number of carboxylic acid groups (broad SMARTS) is 1. The molecule has 1 aromatic carbocycles. The number of nitrogens with one attached hydrogen (secondary N) is 1. The van der Waals surface area contributed by atoms with Crippen molar-refractivity contribution in [3.63, 3.8) is 0 Å². The Balaban J connectivity index is 2.51. The summed E-state index contributed by atoms with van der Waals surface area (Å²) in [5.41, 5.74) is 0.853. The second kappa shape index (κ2) is 3.10. The van der Waals surface area contributed by atoms with Crippen molar-refractivity contribution in [1.29, 1.82) is 0 Å². The molecule has 0 fully saturated rings. The van der Waals surface area contributed by atoms with E-state index in [-0.39, 0.29) is 0 Å². The summed E-state index contributed by atoms with van der Waals surface area (Å²) in [6.45, 7) is 0. The third-order valence-corrected chi connectivity index (χ3v) is 2.30. The van der Waals surface area contributed by atoms with E-state index in [4.69, 9.17) is 5.11 Å². The Kier molecular flexibility index (Phi) is 1.94. The highest BCUT2D eigenvalue weighted by Gasteiger charge is 2.08. The van der Waals surface area contributed by atoms with E-state index in [9.17, 15) is 4.79 Å². The Labute approximate surface area is 78.0 Å². The van der Waals surface area contributed by atoms with Crippen LogP contribution in [0.1, 0.15) is 0 Å². The average molecular weight is 194 g/mol. The SMILES string of the molecule is O=C(O)Sc1n[nH]c2ccccc12. The van der Waals surface area contributed by atoms with Gasteiger partial charge in [-0.25, -0.2) is 4.79 Å². The van der Waals surface area contributed by atoms with Gasteiger partial charge >= 0.3 is 5.30 Å². The molecule has 4 nitrogen and oxygen atoms in total. The zero-order chi connectivity index (χ0) is 9.26. The van der Waals surface area contributed by atoms with Crippen LogP contribution >= 0.6 is 11.8 Å². The maximum Gasteiger partial charge on any atom is 0.371 e. The minimum absolute atomic E-state index is 0.503. The van der Waals surface area contributed by atoms with Crippen LogP contribution in [-0.4, -0.2) is 20.6 Å². The number of H-pyrrole nitrogens is 1. The highest BCUT2D eigenvalue weighted by atomic mass is 32.2. The molecule has 1 heterocycles. The second-order valence-corrected chi connectivity index (χ2v) is 3.38. The Morgan fingerprint density at radius 3 is 3.00 bits per heavy atom. The molecule has 0 saturated carbocycles. The molecule has 5 heteroatoms. The van der Waals surface area contributed by atoms with Crippen molar-refractivity contribution < 1.29 is 9.90 Å². The molecule has 0 aliphatic rings. The highest BCUT2D eigenvalue weighted by Crippen LogP contribution is 2.24. The van der Waals surface area contributed by atoms with E-state index in [2.05, 4.69) is 10.2 Å². The van der Waals surface area contributed by atoms with Crippen LogP contribution in [0.4, 0.5) is 4.79 Å². The van der Waals surface area contributed by atoms with Crippen molar-refractivity contribution in [2.24, 2.45) is 0 Å². The Hall–Kier alpha value is -1.49. The van der Waals surface area contributed by atoms with E-state index >= 15 is 0 Å². The van der Waals surface area contributed by atoms with Gasteiger partial charge in [-0.3, -0.25) is 5.10 Å². The number of hydrogen-bond acceptors (Lipinski definition) is 3. The van der Waals surface area contributed by atoms with Crippen molar-refractivity contribution in [2.45, 2.75) is 5.03 Å². The average Bonchev–Trinajstić information content (AvgIpc) is 2.48. The lowest BCUT2D eigenvalue weighted by Crippen LogP contribution is -1.83. The summed E-state index contributed by atoms with van der Waals surface area (Å²) in [7, 11) is 0. The van der Waals surface area contributed by atoms with E-state index in [1.165, 1.54) is 0 Å². The molecule has 2 rings (SSSR count). The first kappa shape index (κ1) is 8.12. The van der Waals surface area contributed by atoms with Crippen LogP contribution in [0.2, 0.25) is 0 Å². The van der Waals surface area contributed by atoms with E-state index < -0.39 is 5.30 Å². The van der Waals surface area contributed by atoms with Gasteiger partial charge < -0.3 is 5.11 Å². The predicted molar refractivity (Wildman–Crippen MR) is 50.0 cm³/mol. The fourth-order valence-corrected chi connectivity index (χ4v) is 1.64. The number of benzene rings is 1. The summed E-state index contributed by atoms with van der Waals surface area (Å²) in [6, 6.07) is 7.41. The Morgan fingerprint density at radius 1 is 1.46 bits per heavy atom. The van der Waals surface area contributed by atoms with Gasteiger partial charge in [-0.15, -0.1) is 0 Å². The monoisotopic (exact) mass is 194 g/mol. The van der Waals surface area contributed by atoms with Crippen LogP contribution in [0.5, 0.6) is 0 Å². The van der Waals surface area contributed by atoms with Crippen molar-refractivity contribution in [3.8, 4) is 0 Å². The van der Waals surface area contributed by atoms with Crippen LogP contribution < -0.4 is 0 Å². The molecule has 0 unspecified atom stereocenters. The minimum Gasteiger partial charge on any atom is -0.473 e. The molecule has 0 bridgehead atoms. The molecular formula is C8H6N2O2S.